The number of benzene rings is 2. The third-order valence-electron chi connectivity index (χ3n) is 6.10. The van der Waals surface area contributed by atoms with Crippen LogP contribution in [0.15, 0.2) is 67.0 Å². The molecule has 13 heteroatoms. The Bertz CT molecular complexity index is 1570. The van der Waals surface area contributed by atoms with E-state index >= 15 is 0 Å². The number of aromatic nitrogens is 3. The maximum Gasteiger partial charge on any atom is 0.288 e. The van der Waals surface area contributed by atoms with E-state index in [1.807, 2.05) is 0 Å². The number of hydrazine groups is 1. The van der Waals surface area contributed by atoms with Crippen LogP contribution in [0.3, 0.4) is 0 Å². The summed E-state index contributed by atoms with van der Waals surface area (Å²) >= 11 is 6.26. The standard InChI is InChI=1S/C28H25ClFN7O4/c29-19-12-18(25(39)11-17-2-1-3-22(38)10-17)13-21(14-19)33-20-4-5-24(31-15-20)27(40)35-36-28-32-16-23(30)26(34-28)37-6-8-41-9-7-37/h1-5,10,12-16,33,38H,6-9,11H2,(H,35,40)(H,32,34,36). The van der Waals surface area contributed by atoms with Gasteiger partial charge in [-0.1, -0.05) is 23.7 Å². The van der Waals surface area contributed by atoms with Crippen molar-refractivity contribution in [1.82, 2.24) is 20.4 Å². The Balaban J connectivity index is 1.19. The number of nitrogens with zero attached hydrogens (tertiary/aromatic N) is 4. The second kappa shape index (κ2) is 12.6. The highest BCUT2D eigenvalue weighted by atomic mass is 35.5. The number of aromatic hydroxyl groups is 1. The molecule has 0 radical (unpaired) electrons. The Labute approximate surface area is 239 Å². The summed E-state index contributed by atoms with van der Waals surface area (Å²) in [6.45, 7) is 1.93. The number of rotatable bonds is 9. The second-order valence-corrected chi connectivity index (χ2v) is 9.54. The first-order chi connectivity index (χ1) is 19.8. The average molecular weight is 578 g/mol. The molecule has 5 rings (SSSR count). The van der Waals surface area contributed by atoms with Crippen molar-refractivity contribution < 1.29 is 23.8 Å². The van der Waals surface area contributed by atoms with Gasteiger partial charge in [0.2, 0.25) is 5.95 Å². The number of nitrogens with one attached hydrogen (secondary N) is 3. The molecule has 2 aromatic heterocycles. The predicted molar refractivity (Wildman–Crippen MR) is 151 cm³/mol. The van der Waals surface area contributed by atoms with Gasteiger partial charge in [0.15, 0.2) is 17.4 Å². The molecule has 1 aliphatic heterocycles. The van der Waals surface area contributed by atoms with Crippen LogP contribution < -0.4 is 21.1 Å². The summed E-state index contributed by atoms with van der Waals surface area (Å²) in [7, 11) is 0. The highest BCUT2D eigenvalue weighted by Crippen LogP contribution is 2.24. The lowest BCUT2D eigenvalue weighted by atomic mass is 10.0. The number of morpholine rings is 1. The molecule has 0 unspecified atom stereocenters. The minimum Gasteiger partial charge on any atom is -0.508 e. The normalized spacial score (nSPS) is 13.0. The molecular formula is C28H25ClFN7O4. The number of ketones is 1. The van der Waals surface area contributed by atoms with E-state index in [2.05, 4.69) is 31.1 Å². The van der Waals surface area contributed by atoms with Crippen molar-refractivity contribution in [2.24, 2.45) is 0 Å². The van der Waals surface area contributed by atoms with Crippen LogP contribution in [0.4, 0.5) is 27.5 Å². The minimum absolute atomic E-state index is 0.0231. The zero-order valence-electron chi connectivity index (χ0n) is 21.6. The number of Topliss-reactive ketones (excluding diaryl/α,β-unsaturated/α-hetero) is 1. The lowest BCUT2D eigenvalue weighted by Gasteiger charge is -2.28. The van der Waals surface area contributed by atoms with Crippen molar-refractivity contribution in [3.8, 4) is 5.75 Å². The van der Waals surface area contributed by atoms with Gasteiger partial charge in [-0.2, -0.15) is 4.98 Å². The van der Waals surface area contributed by atoms with Crippen LogP contribution in [-0.4, -0.2) is 58.1 Å². The van der Waals surface area contributed by atoms with E-state index in [1.165, 1.54) is 24.4 Å². The van der Waals surface area contributed by atoms with Crippen LogP contribution in [0.5, 0.6) is 5.75 Å². The fraction of sp³-hybridized carbons (Fsp3) is 0.179. The van der Waals surface area contributed by atoms with Crippen LogP contribution in [0.2, 0.25) is 5.02 Å². The van der Waals surface area contributed by atoms with E-state index in [0.717, 1.165) is 6.20 Å². The van der Waals surface area contributed by atoms with Gasteiger partial charge in [0.1, 0.15) is 11.4 Å². The van der Waals surface area contributed by atoms with Crippen molar-refractivity contribution in [2.75, 3.05) is 41.9 Å². The lowest BCUT2D eigenvalue weighted by molar-refractivity contribution is 0.0955. The maximum absolute atomic E-state index is 14.2. The van der Waals surface area contributed by atoms with Gasteiger partial charge >= 0.3 is 0 Å². The number of anilines is 4. The fourth-order valence-electron chi connectivity index (χ4n) is 4.14. The van der Waals surface area contributed by atoms with Gasteiger partial charge in [-0.15, -0.1) is 0 Å². The molecule has 210 valence electrons. The summed E-state index contributed by atoms with van der Waals surface area (Å²) in [4.78, 5) is 39.4. The van der Waals surface area contributed by atoms with Gasteiger partial charge in [-0.25, -0.2) is 14.4 Å². The second-order valence-electron chi connectivity index (χ2n) is 9.10. The highest BCUT2D eigenvalue weighted by molar-refractivity contribution is 6.31. The van der Waals surface area contributed by atoms with Crippen molar-refractivity contribution in [3.05, 3.63) is 94.7 Å². The van der Waals surface area contributed by atoms with Gasteiger partial charge < -0.3 is 20.1 Å². The zero-order chi connectivity index (χ0) is 28.8. The van der Waals surface area contributed by atoms with E-state index < -0.39 is 11.7 Å². The van der Waals surface area contributed by atoms with Crippen molar-refractivity contribution in [1.29, 1.82) is 0 Å². The number of hydrogen-bond acceptors (Lipinski definition) is 10. The van der Waals surface area contributed by atoms with Gasteiger partial charge in [-0.05, 0) is 48.0 Å². The molecule has 4 aromatic rings. The number of pyridine rings is 1. The predicted octanol–water partition coefficient (Wildman–Crippen LogP) is 4.13. The molecule has 0 saturated carbocycles. The van der Waals surface area contributed by atoms with Gasteiger partial charge in [-0.3, -0.25) is 20.4 Å². The molecule has 0 bridgehead atoms. The van der Waals surface area contributed by atoms with E-state index in [0.29, 0.717) is 53.8 Å². The molecule has 1 amide bonds. The topological polar surface area (TPSA) is 142 Å². The Morgan fingerprint density at radius 3 is 2.61 bits per heavy atom. The van der Waals surface area contributed by atoms with Crippen molar-refractivity contribution >= 4 is 46.4 Å². The first-order valence-electron chi connectivity index (χ1n) is 12.6. The molecule has 1 aliphatic rings. The Morgan fingerprint density at radius 2 is 1.85 bits per heavy atom. The summed E-state index contributed by atoms with van der Waals surface area (Å²) in [6.07, 6.45) is 2.59. The highest BCUT2D eigenvalue weighted by Gasteiger charge is 2.18. The number of ether oxygens (including phenoxy) is 1. The first kappa shape index (κ1) is 27.7. The van der Waals surface area contributed by atoms with Gasteiger partial charge in [0, 0.05) is 35.8 Å². The van der Waals surface area contributed by atoms with Crippen LogP contribution in [0.25, 0.3) is 0 Å². The average Bonchev–Trinajstić information content (AvgIpc) is 2.97. The first-order valence-corrected chi connectivity index (χ1v) is 13.0. The Morgan fingerprint density at radius 1 is 1.02 bits per heavy atom. The molecule has 41 heavy (non-hydrogen) atoms. The fourth-order valence-corrected chi connectivity index (χ4v) is 4.37. The minimum atomic E-state index is -0.568. The van der Waals surface area contributed by atoms with E-state index in [4.69, 9.17) is 16.3 Å². The summed E-state index contributed by atoms with van der Waals surface area (Å²) < 4.78 is 19.5. The number of halogens is 2. The molecule has 4 N–H and O–H groups in total. The number of phenols is 1. The third-order valence-corrected chi connectivity index (χ3v) is 6.32. The molecule has 0 spiro atoms. The summed E-state index contributed by atoms with van der Waals surface area (Å²) in [6, 6.07) is 14.5. The molecule has 1 fully saturated rings. The summed E-state index contributed by atoms with van der Waals surface area (Å²) in [5.41, 5.74) is 7.34. The number of amides is 1. The van der Waals surface area contributed by atoms with Crippen LogP contribution in [0, 0.1) is 5.82 Å². The van der Waals surface area contributed by atoms with Crippen molar-refractivity contribution in [3.63, 3.8) is 0 Å². The number of carbonyl (C=O) groups is 2. The van der Waals surface area contributed by atoms with Gasteiger partial charge in [0.05, 0.1) is 31.3 Å². The number of hydrogen-bond donors (Lipinski definition) is 4. The van der Waals surface area contributed by atoms with E-state index in [-0.39, 0.29) is 35.4 Å². The largest absolute Gasteiger partial charge is 0.508 e. The Kier molecular flexibility index (Phi) is 8.51. The summed E-state index contributed by atoms with van der Waals surface area (Å²) in [5, 5.41) is 13.1. The van der Waals surface area contributed by atoms with Crippen LogP contribution >= 0.6 is 11.6 Å². The number of carbonyl (C=O) groups excluding carboxylic acids is 2. The molecule has 11 nitrogen and oxygen atoms in total. The molecular weight excluding hydrogens is 553 g/mol. The van der Waals surface area contributed by atoms with Crippen molar-refractivity contribution in [2.45, 2.75) is 6.42 Å². The SMILES string of the molecule is O=C(Cc1cccc(O)c1)c1cc(Cl)cc(Nc2ccc(C(=O)NNc3ncc(F)c(N4CCOCC4)n3)nc2)c1. The van der Waals surface area contributed by atoms with Gasteiger partial charge in [0.25, 0.3) is 5.91 Å². The number of phenolic OH excluding ortho intramolecular Hbond substituents is 1. The van der Waals surface area contributed by atoms with E-state index in [9.17, 15) is 19.1 Å². The maximum atomic E-state index is 14.2. The molecule has 0 atom stereocenters. The molecule has 3 heterocycles. The van der Waals surface area contributed by atoms with Crippen LogP contribution in [0.1, 0.15) is 26.4 Å². The van der Waals surface area contributed by atoms with Crippen LogP contribution in [-0.2, 0) is 11.2 Å². The third kappa shape index (κ3) is 7.24. The smallest absolute Gasteiger partial charge is 0.288 e. The zero-order valence-corrected chi connectivity index (χ0v) is 22.4. The molecule has 1 saturated heterocycles. The van der Waals surface area contributed by atoms with E-state index in [1.54, 1.807) is 41.3 Å². The molecule has 0 aliphatic carbocycles. The lowest BCUT2D eigenvalue weighted by Crippen LogP contribution is -2.38. The quantitative estimate of drug-likeness (QED) is 0.169. The Hall–Kier alpha value is -4.81. The molecule has 2 aromatic carbocycles. The summed E-state index contributed by atoms with van der Waals surface area (Å²) in [5.74, 6) is -1.05. The monoisotopic (exact) mass is 577 g/mol.